The van der Waals surface area contributed by atoms with E-state index in [1.807, 2.05) is 66.2 Å². The molecule has 0 radical (unpaired) electrons. The van der Waals surface area contributed by atoms with Crippen molar-refractivity contribution in [1.82, 2.24) is 14.5 Å². The van der Waals surface area contributed by atoms with Crippen LogP contribution in [0.5, 0.6) is 0 Å². The van der Waals surface area contributed by atoms with Crippen LogP contribution in [0.4, 0.5) is 0 Å². The molecule has 0 fully saturated rings. The van der Waals surface area contributed by atoms with Crippen molar-refractivity contribution in [2.75, 3.05) is 14.2 Å². The van der Waals surface area contributed by atoms with Gasteiger partial charge in [0.1, 0.15) is 5.82 Å². The number of amides is 1. The lowest BCUT2D eigenvalue weighted by atomic mass is 10.1. The molecular weight excluding hydrogens is 302 g/mol. The molecule has 5 nitrogen and oxygen atoms in total. The third-order valence-electron chi connectivity index (χ3n) is 4.20. The Kier molecular flexibility index (Phi) is 4.62. The van der Waals surface area contributed by atoms with Crippen LogP contribution in [0, 0.1) is 0 Å². The van der Waals surface area contributed by atoms with E-state index >= 15 is 0 Å². The van der Waals surface area contributed by atoms with Gasteiger partial charge in [0.25, 0.3) is 5.91 Å². The number of benzene rings is 2. The lowest BCUT2D eigenvalue weighted by Crippen LogP contribution is -2.33. The number of ether oxygens (including phenoxy) is 1. The van der Waals surface area contributed by atoms with Gasteiger partial charge < -0.3 is 14.2 Å². The van der Waals surface area contributed by atoms with Crippen LogP contribution in [-0.2, 0) is 23.1 Å². The number of hydrogen-bond donors (Lipinski definition) is 0. The Balaban J connectivity index is 1.81. The van der Waals surface area contributed by atoms with Crippen molar-refractivity contribution in [3.63, 3.8) is 0 Å². The fraction of sp³-hybridized carbons (Fsp3) is 0.263. The first-order chi connectivity index (χ1) is 11.6. The summed E-state index contributed by atoms with van der Waals surface area (Å²) in [5.41, 5.74) is 2.84. The minimum Gasteiger partial charge on any atom is -0.367 e. The Morgan fingerprint density at radius 2 is 1.83 bits per heavy atom. The van der Waals surface area contributed by atoms with Gasteiger partial charge in [-0.15, -0.1) is 0 Å². The first kappa shape index (κ1) is 16.2. The van der Waals surface area contributed by atoms with E-state index in [1.54, 1.807) is 19.1 Å². The van der Waals surface area contributed by atoms with Crippen molar-refractivity contribution >= 4 is 16.9 Å². The number of nitrogens with zero attached hydrogens (tertiary/aromatic N) is 3. The molecule has 0 saturated carbocycles. The minimum absolute atomic E-state index is 0.0873. The van der Waals surface area contributed by atoms with Crippen molar-refractivity contribution in [2.45, 2.75) is 12.6 Å². The fourth-order valence-corrected chi connectivity index (χ4v) is 2.83. The SMILES string of the molecule is CO[C@@H](C(=O)N(C)Cc1nc2ccccc2n1C)c1ccccc1. The molecule has 0 aliphatic rings. The summed E-state index contributed by atoms with van der Waals surface area (Å²) in [6.07, 6.45) is -0.606. The second kappa shape index (κ2) is 6.84. The lowest BCUT2D eigenvalue weighted by molar-refractivity contribution is -0.141. The molecule has 1 heterocycles. The quantitative estimate of drug-likeness (QED) is 0.725. The van der Waals surface area contributed by atoms with Crippen molar-refractivity contribution in [3.05, 3.63) is 66.0 Å². The number of rotatable bonds is 5. The van der Waals surface area contributed by atoms with Crippen molar-refractivity contribution < 1.29 is 9.53 Å². The average Bonchev–Trinajstić information content (AvgIpc) is 2.92. The number of methoxy groups -OCH3 is 1. The molecule has 1 aromatic heterocycles. The number of hydrogen-bond acceptors (Lipinski definition) is 3. The van der Waals surface area contributed by atoms with E-state index in [2.05, 4.69) is 4.98 Å². The maximum Gasteiger partial charge on any atom is 0.256 e. The zero-order valence-corrected chi connectivity index (χ0v) is 14.1. The van der Waals surface area contributed by atoms with Gasteiger partial charge in [-0.05, 0) is 17.7 Å². The zero-order chi connectivity index (χ0) is 17.1. The minimum atomic E-state index is -0.606. The number of aryl methyl sites for hydroxylation is 1. The van der Waals surface area contributed by atoms with Crippen LogP contribution < -0.4 is 0 Å². The van der Waals surface area contributed by atoms with Crippen LogP contribution in [0.3, 0.4) is 0 Å². The number of carbonyl (C=O) groups is 1. The Labute approximate surface area is 141 Å². The van der Waals surface area contributed by atoms with Gasteiger partial charge in [0.05, 0.1) is 17.6 Å². The maximum absolute atomic E-state index is 12.8. The molecule has 124 valence electrons. The molecule has 0 unspecified atom stereocenters. The van der Waals surface area contributed by atoms with Crippen molar-refractivity contribution in [2.24, 2.45) is 7.05 Å². The highest BCUT2D eigenvalue weighted by Gasteiger charge is 2.24. The molecule has 1 atom stereocenters. The molecule has 1 amide bonds. The first-order valence-corrected chi connectivity index (χ1v) is 7.85. The van der Waals surface area contributed by atoms with Gasteiger partial charge in [0.15, 0.2) is 6.10 Å². The van der Waals surface area contributed by atoms with Crippen molar-refractivity contribution in [3.8, 4) is 0 Å². The molecule has 0 aliphatic carbocycles. The van der Waals surface area contributed by atoms with E-state index in [0.717, 1.165) is 22.4 Å². The lowest BCUT2D eigenvalue weighted by Gasteiger charge is -2.23. The highest BCUT2D eigenvalue weighted by atomic mass is 16.5. The molecule has 3 aromatic rings. The van der Waals surface area contributed by atoms with E-state index in [1.165, 1.54) is 0 Å². The largest absolute Gasteiger partial charge is 0.367 e. The van der Waals surface area contributed by atoms with Crippen LogP contribution in [0.1, 0.15) is 17.5 Å². The summed E-state index contributed by atoms with van der Waals surface area (Å²) >= 11 is 0. The van der Waals surface area contributed by atoms with Gasteiger partial charge in [0, 0.05) is 21.2 Å². The van der Waals surface area contributed by atoms with Gasteiger partial charge in [-0.25, -0.2) is 4.98 Å². The van der Waals surface area contributed by atoms with E-state index in [4.69, 9.17) is 4.74 Å². The summed E-state index contributed by atoms with van der Waals surface area (Å²) in [5.74, 6) is 0.755. The van der Waals surface area contributed by atoms with Crippen LogP contribution in [0.2, 0.25) is 0 Å². The molecule has 24 heavy (non-hydrogen) atoms. The molecule has 2 aromatic carbocycles. The summed E-state index contributed by atoms with van der Waals surface area (Å²) in [5, 5.41) is 0. The van der Waals surface area contributed by atoms with E-state index in [-0.39, 0.29) is 5.91 Å². The predicted molar refractivity (Wildman–Crippen MR) is 93.4 cm³/mol. The van der Waals surface area contributed by atoms with Gasteiger partial charge >= 0.3 is 0 Å². The molecule has 0 aliphatic heterocycles. The maximum atomic E-state index is 12.8. The standard InChI is InChI=1S/C19H21N3O2/c1-21(19(23)18(24-3)14-9-5-4-6-10-14)13-17-20-15-11-7-8-12-16(15)22(17)2/h4-12,18H,13H2,1-3H3/t18-/m1/s1. The fourth-order valence-electron chi connectivity index (χ4n) is 2.83. The zero-order valence-electron chi connectivity index (χ0n) is 14.1. The van der Waals surface area contributed by atoms with Gasteiger partial charge in [-0.1, -0.05) is 42.5 Å². The van der Waals surface area contributed by atoms with Crippen LogP contribution in [-0.4, -0.2) is 34.5 Å². The molecule has 3 rings (SSSR count). The number of likely N-dealkylation sites (N-methyl/N-ethyl adjacent to an activating group) is 1. The summed E-state index contributed by atoms with van der Waals surface area (Å²) in [6.45, 7) is 0.427. The third kappa shape index (κ3) is 3.03. The van der Waals surface area contributed by atoms with Crippen LogP contribution >= 0.6 is 0 Å². The van der Waals surface area contributed by atoms with Gasteiger partial charge in [-0.2, -0.15) is 0 Å². The topological polar surface area (TPSA) is 47.4 Å². The number of para-hydroxylation sites is 2. The smallest absolute Gasteiger partial charge is 0.256 e. The average molecular weight is 323 g/mol. The van der Waals surface area contributed by atoms with E-state index in [0.29, 0.717) is 6.54 Å². The number of carbonyl (C=O) groups excluding carboxylic acids is 1. The summed E-state index contributed by atoms with van der Waals surface area (Å²) in [4.78, 5) is 19.0. The normalized spacial score (nSPS) is 12.3. The molecule has 5 heteroatoms. The third-order valence-corrected chi connectivity index (χ3v) is 4.20. The molecule has 0 spiro atoms. The van der Waals surface area contributed by atoms with Gasteiger partial charge in [0.2, 0.25) is 0 Å². The molecule has 0 bridgehead atoms. The predicted octanol–water partition coefficient (Wildman–Crippen LogP) is 2.92. The first-order valence-electron chi connectivity index (χ1n) is 7.85. The summed E-state index contributed by atoms with van der Waals surface area (Å²) in [6, 6.07) is 17.5. The summed E-state index contributed by atoms with van der Waals surface area (Å²) in [7, 11) is 5.29. The molecular formula is C19H21N3O2. The molecule has 0 N–H and O–H groups in total. The van der Waals surface area contributed by atoms with E-state index < -0.39 is 6.10 Å². The van der Waals surface area contributed by atoms with Crippen molar-refractivity contribution in [1.29, 1.82) is 0 Å². The highest BCUT2D eigenvalue weighted by molar-refractivity contribution is 5.82. The Bertz CT molecular complexity index is 842. The highest BCUT2D eigenvalue weighted by Crippen LogP contribution is 2.20. The monoisotopic (exact) mass is 323 g/mol. The number of imidazole rings is 1. The van der Waals surface area contributed by atoms with Crippen LogP contribution in [0.25, 0.3) is 11.0 Å². The van der Waals surface area contributed by atoms with E-state index in [9.17, 15) is 4.79 Å². The molecule has 0 saturated heterocycles. The number of fused-ring (bicyclic) bond motifs is 1. The second-order valence-corrected chi connectivity index (χ2v) is 5.80. The summed E-state index contributed by atoms with van der Waals surface area (Å²) < 4.78 is 7.45. The number of aromatic nitrogens is 2. The van der Waals surface area contributed by atoms with Gasteiger partial charge in [-0.3, -0.25) is 4.79 Å². The van der Waals surface area contributed by atoms with Crippen LogP contribution in [0.15, 0.2) is 54.6 Å². The Hall–Kier alpha value is -2.66. The Morgan fingerprint density at radius 3 is 2.50 bits per heavy atom. The second-order valence-electron chi connectivity index (χ2n) is 5.80. The Morgan fingerprint density at radius 1 is 1.17 bits per heavy atom.